The number of rotatable bonds is 3. The molecule has 1 N–H and O–H groups in total. The van der Waals surface area contributed by atoms with Crippen molar-refractivity contribution in [2.45, 2.75) is 39.4 Å². The van der Waals surface area contributed by atoms with E-state index in [9.17, 15) is 14.9 Å². The third-order valence-electron chi connectivity index (χ3n) is 7.45. The van der Waals surface area contributed by atoms with Crippen LogP contribution in [0.5, 0.6) is 0 Å². The standard InChI is InChI=1S/C29H26ClN5O2/c1-17(2)35-24-5-3-4-22-26(24)21(10-11-32-28(22)36)27(35)18-6-7-19(15-31)23(14-18)29(37)33-12-13-34-20(16-33)8-9-25(34)30/h3-9,14,17H,10-13,16H2,1-2H3,(H,32,36). The highest BCUT2D eigenvalue weighted by Gasteiger charge is 2.29. The number of nitrogens with one attached hydrogen (secondary N) is 1. The summed E-state index contributed by atoms with van der Waals surface area (Å²) in [6.07, 6.45) is 0.682. The van der Waals surface area contributed by atoms with Crippen molar-refractivity contribution in [3.05, 3.63) is 81.6 Å². The predicted octanol–water partition coefficient (Wildman–Crippen LogP) is 5.16. The van der Waals surface area contributed by atoms with Crippen LogP contribution in [0.4, 0.5) is 0 Å². The van der Waals surface area contributed by atoms with Crippen molar-refractivity contribution in [2.75, 3.05) is 13.1 Å². The lowest BCUT2D eigenvalue weighted by atomic mass is 9.97. The number of nitrogens with zero attached hydrogens (tertiary/aromatic N) is 4. The van der Waals surface area contributed by atoms with Crippen molar-refractivity contribution in [3.8, 4) is 17.3 Å². The Bertz CT molecular complexity index is 1640. The fraction of sp³-hybridized carbons (Fsp3) is 0.276. The summed E-state index contributed by atoms with van der Waals surface area (Å²) in [7, 11) is 0. The molecule has 0 fully saturated rings. The normalized spacial score (nSPS) is 14.9. The summed E-state index contributed by atoms with van der Waals surface area (Å²) in [6.45, 7) is 6.35. The summed E-state index contributed by atoms with van der Waals surface area (Å²) in [5.41, 5.74) is 6.34. The van der Waals surface area contributed by atoms with E-state index in [0.29, 0.717) is 54.4 Å². The highest BCUT2D eigenvalue weighted by atomic mass is 35.5. The van der Waals surface area contributed by atoms with Crippen LogP contribution in [0, 0.1) is 11.3 Å². The lowest BCUT2D eigenvalue weighted by Gasteiger charge is -2.29. The third kappa shape index (κ3) is 3.63. The van der Waals surface area contributed by atoms with Crippen LogP contribution in [-0.2, 0) is 19.5 Å². The van der Waals surface area contributed by atoms with Gasteiger partial charge in [0, 0.05) is 47.8 Å². The number of hydrogen-bond donors (Lipinski definition) is 1. The Morgan fingerprint density at radius 2 is 1.97 bits per heavy atom. The Labute approximate surface area is 219 Å². The maximum Gasteiger partial charge on any atom is 0.255 e. The molecule has 0 spiro atoms. The molecule has 186 valence electrons. The van der Waals surface area contributed by atoms with Gasteiger partial charge < -0.3 is 19.4 Å². The molecule has 0 radical (unpaired) electrons. The smallest absolute Gasteiger partial charge is 0.255 e. The minimum absolute atomic E-state index is 0.0672. The first-order chi connectivity index (χ1) is 17.9. The van der Waals surface area contributed by atoms with Gasteiger partial charge in [0.2, 0.25) is 0 Å². The van der Waals surface area contributed by atoms with E-state index in [4.69, 9.17) is 11.6 Å². The monoisotopic (exact) mass is 511 g/mol. The molecule has 0 saturated heterocycles. The lowest BCUT2D eigenvalue weighted by Crippen LogP contribution is -2.38. The molecule has 8 heteroatoms. The average molecular weight is 512 g/mol. The third-order valence-corrected chi connectivity index (χ3v) is 7.78. The molecule has 4 aromatic rings. The predicted molar refractivity (Wildman–Crippen MR) is 143 cm³/mol. The summed E-state index contributed by atoms with van der Waals surface area (Å²) in [6, 6.07) is 17.5. The number of nitriles is 1. The molecule has 7 nitrogen and oxygen atoms in total. The molecule has 37 heavy (non-hydrogen) atoms. The number of aromatic nitrogens is 2. The molecule has 0 atom stereocenters. The van der Waals surface area contributed by atoms with Crippen molar-refractivity contribution < 1.29 is 9.59 Å². The second-order valence-corrected chi connectivity index (χ2v) is 10.3. The molecular weight excluding hydrogens is 486 g/mol. The summed E-state index contributed by atoms with van der Waals surface area (Å²) >= 11 is 6.27. The molecule has 2 aromatic carbocycles. The first-order valence-electron chi connectivity index (χ1n) is 12.5. The van der Waals surface area contributed by atoms with Gasteiger partial charge >= 0.3 is 0 Å². The number of fused-ring (bicyclic) bond motifs is 1. The van der Waals surface area contributed by atoms with Crippen LogP contribution in [0.2, 0.25) is 5.15 Å². The Balaban J connectivity index is 1.51. The molecule has 0 unspecified atom stereocenters. The highest BCUT2D eigenvalue weighted by Crippen LogP contribution is 2.40. The Kier molecular flexibility index (Phi) is 5.58. The largest absolute Gasteiger partial charge is 0.352 e. The molecule has 2 aliphatic heterocycles. The van der Waals surface area contributed by atoms with Crippen LogP contribution in [0.15, 0.2) is 48.5 Å². The fourth-order valence-electron chi connectivity index (χ4n) is 5.80. The maximum atomic E-state index is 13.8. The second-order valence-electron chi connectivity index (χ2n) is 9.89. The Hall–Kier alpha value is -4.02. The Morgan fingerprint density at radius 3 is 2.76 bits per heavy atom. The minimum atomic E-state index is -0.169. The van der Waals surface area contributed by atoms with Gasteiger partial charge in [0.05, 0.1) is 29.4 Å². The second kappa shape index (κ2) is 8.82. The van der Waals surface area contributed by atoms with Gasteiger partial charge in [-0.2, -0.15) is 5.26 Å². The number of amides is 2. The first kappa shape index (κ1) is 23.4. The number of benzene rings is 2. The summed E-state index contributed by atoms with van der Waals surface area (Å²) < 4.78 is 4.26. The zero-order valence-corrected chi connectivity index (χ0v) is 21.5. The van der Waals surface area contributed by atoms with Crippen molar-refractivity contribution in [2.24, 2.45) is 0 Å². The van der Waals surface area contributed by atoms with Crippen LogP contribution in [0.25, 0.3) is 22.2 Å². The maximum absolute atomic E-state index is 13.8. The van der Waals surface area contributed by atoms with E-state index in [0.717, 1.165) is 33.4 Å². The summed E-state index contributed by atoms with van der Waals surface area (Å²) in [5.74, 6) is -0.236. The summed E-state index contributed by atoms with van der Waals surface area (Å²) in [4.78, 5) is 28.3. The van der Waals surface area contributed by atoms with Gasteiger partial charge in [0.15, 0.2) is 0 Å². The number of carbonyl (C=O) groups excluding carboxylic acids is 2. The molecule has 2 aliphatic rings. The molecule has 4 heterocycles. The van der Waals surface area contributed by atoms with Crippen molar-refractivity contribution in [1.82, 2.24) is 19.4 Å². The number of hydrogen-bond acceptors (Lipinski definition) is 3. The van der Waals surface area contributed by atoms with Gasteiger partial charge in [-0.25, -0.2) is 0 Å². The average Bonchev–Trinajstić information content (AvgIpc) is 3.39. The van der Waals surface area contributed by atoms with Crippen molar-refractivity contribution in [1.29, 1.82) is 5.26 Å². The number of carbonyl (C=O) groups is 2. The lowest BCUT2D eigenvalue weighted by molar-refractivity contribution is 0.0710. The highest BCUT2D eigenvalue weighted by molar-refractivity contribution is 6.29. The van der Waals surface area contributed by atoms with Crippen LogP contribution in [-0.4, -0.2) is 38.9 Å². The van der Waals surface area contributed by atoms with Crippen LogP contribution >= 0.6 is 11.6 Å². The molecule has 0 aliphatic carbocycles. The SMILES string of the molecule is CC(C)n1c(-c2ccc(C#N)c(C(=O)N3CCn4c(Cl)ccc4C3)c2)c2c3c(cccc31)C(=O)NCC2. The zero-order valence-electron chi connectivity index (χ0n) is 20.7. The topological polar surface area (TPSA) is 83.1 Å². The van der Waals surface area contributed by atoms with E-state index >= 15 is 0 Å². The Morgan fingerprint density at radius 1 is 1.14 bits per heavy atom. The van der Waals surface area contributed by atoms with Crippen LogP contribution < -0.4 is 5.32 Å². The molecule has 2 aromatic heterocycles. The molecule has 2 amide bonds. The van der Waals surface area contributed by atoms with Crippen molar-refractivity contribution >= 4 is 34.3 Å². The minimum Gasteiger partial charge on any atom is -0.352 e. The van der Waals surface area contributed by atoms with E-state index in [-0.39, 0.29) is 17.9 Å². The van der Waals surface area contributed by atoms with E-state index in [2.05, 4.69) is 29.8 Å². The van der Waals surface area contributed by atoms with Gasteiger partial charge in [0.25, 0.3) is 11.8 Å². The van der Waals surface area contributed by atoms with Gasteiger partial charge in [-0.1, -0.05) is 23.7 Å². The van der Waals surface area contributed by atoms with Gasteiger partial charge in [0.1, 0.15) is 5.15 Å². The molecular formula is C29H26ClN5O2. The van der Waals surface area contributed by atoms with Gasteiger partial charge in [-0.05, 0) is 67.8 Å². The van der Waals surface area contributed by atoms with E-state index in [1.807, 2.05) is 47.0 Å². The van der Waals surface area contributed by atoms with Gasteiger partial charge in [-0.15, -0.1) is 0 Å². The quantitative estimate of drug-likeness (QED) is 0.412. The fourth-order valence-corrected chi connectivity index (χ4v) is 6.05. The van der Waals surface area contributed by atoms with Crippen LogP contribution in [0.3, 0.4) is 0 Å². The summed E-state index contributed by atoms with van der Waals surface area (Å²) in [5, 5.41) is 14.5. The zero-order chi connectivity index (χ0) is 25.8. The van der Waals surface area contributed by atoms with E-state index < -0.39 is 0 Å². The number of halogens is 1. The van der Waals surface area contributed by atoms with Crippen LogP contribution in [0.1, 0.15) is 57.4 Å². The molecule has 0 saturated carbocycles. The molecule has 6 rings (SSSR count). The van der Waals surface area contributed by atoms with E-state index in [1.54, 1.807) is 11.0 Å². The molecule has 0 bridgehead atoms. The van der Waals surface area contributed by atoms with Gasteiger partial charge in [-0.3, -0.25) is 9.59 Å². The van der Waals surface area contributed by atoms with Crippen molar-refractivity contribution in [3.63, 3.8) is 0 Å². The van der Waals surface area contributed by atoms with E-state index in [1.165, 1.54) is 0 Å². The first-order valence-corrected chi connectivity index (χ1v) is 12.9.